The molecule has 1 aliphatic heterocycles. The number of ether oxygens (including phenoxy) is 1. The Kier molecular flexibility index (Phi) is 2.14. The van der Waals surface area contributed by atoms with Crippen molar-refractivity contribution in [2.24, 2.45) is 5.92 Å². The van der Waals surface area contributed by atoms with Crippen LogP contribution in [-0.2, 0) is 4.74 Å². The molecule has 0 aromatic rings. The van der Waals surface area contributed by atoms with Crippen LogP contribution in [0, 0.1) is 5.92 Å². The van der Waals surface area contributed by atoms with Crippen LogP contribution in [0.15, 0.2) is 11.1 Å². The van der Waals surface area contributed by atoms with Crippen molar-refractivity contribution in [2.75, 3.05) is 6.61 Å². The van der Waals surface area contributed by atoms with Gasteiger partial charge in [-0.1, -0.05) is 5.57 Å². The van der Waals surface area contributed by atoms with E-state index >= 15 is 0 Å². The van der Waals surface area contributed by atoms with E-state index in [1.165, 1.54) is 12.8 Å². The van der Waals surface area contributed by atoms with Crippen molar-refractivity contribution >= 4 is 0 Å². The number of aliphatic hydroxyl groups excluding tert-OH is 1. The highest BCUT2D eigenvalue weighted by Gasteiger charge is 2.38. The van der Waals surface area contributed by atoms with Crippen molar-refractivity contribution in [2.45, 2.75) is 50.7 Å². The molecule has 3 aliphatic rings. The zero-order chi connectivity index (χ0) is 9.54. The lowest BCUT2D eigenvalue weighted by molar-refractivity contribution is 0.0298. The fraction of sp³-hybridized carbons (Fsp3) is 0.833. The molecule has 1 saturated heterocycles. The normalized spacial score (nSPS) is 42.2. The molecular weight excluding hydrogens is 176 g/mol. The maximum absolute atomic E-state index is 9.84. The summed E-state index contributed by atoms with van der Waals surface area (Å²) in [6, 6.07) is 0. The summed E-state index contributed by atoms with van der Waals surface area (Å²) >= 11 is 0. The summed E-state index contributed by atoms with van der Waals surface area (Å²) < 4.78 is 5.79. The van der Waals surface area contributed by atoms with Crippen LogP contribution < -0.4 is 0 Å². The quantitative estimate of drug-likeness (QED) is 0.598. The Bertz CT molecular complexity index is 265. The van der Waals surface area contributed by atoms with E-state index < -0.39 is 0 Å². The third kappa shape index (κ3) is 1.24. The van der Waals surface area contributed by atoms with Gasteiger partial charge in [0.2, 0.25) is 0 Å². The van der Waals surface area contributed by atoms with Gasteiger partial charge in [-0.05, 0) is 44.1 Å². The highest BCUT2D eigenvalue weighted by molar-refractivity contribution is 5.29. The molecule has 1 N–H and O–H groups in total. The summed E-state index contributed by atoms with van der Waals surface area (Å²) in [4.78, 5) is 0. The molecule has 2 fully saturated rings. The summed E-state index contributed by atoms with van der Waals surface area (Å²) in [5.74, 6) is 0.489. The average Bonchev–Trinajstić information content (AvgIpc) is 2.61. The Balaban J connectivity index is 1.94. The van der Waals surface area contributed by atoms with Crippen LogP contribution in [0.5, 0.6) is 0 Å². The summed E-state index contributed by atoms with van der Waals surface area (Å²) in [7, 11) is 0. The topological polar surface area (TPSA) is 29.5 Å². The maximum atomic E-state index is 9.84. The van der Waals surface area contributed by atoms with Gasteiger partial charge in [0.05, 0.1) is 12.2 Å². The first-order chi connectivity index (χ1) is 6.86. The Morgan fingerprint density at radius 2 is 2.00 bits per heavy atom. The Labute approximate surface area is 85.0 Å². The van der Waals surface area contributed by atoms with Gasteiger partial charge < -0.3 is 9.84 Å². The molecular formula is C12H18O2. The second-order valence-corrected chi connectivity index (χ2v) is 4.80. The second kappa shape index (κ2) is 3.35. The van der Waals surface area contributed by atoms with Gasteiger partial charge in [-0.25, -0.2) is 0 Å². The number of hydrogen-bond donors (Lipinski definition) is 1. The lowest BCUT2D eigenvalue weighted by atomic mass is 9.80. The monoisotopic (exact) mass is 194 g/mol. The molecule has 3 atom stereocenters. The number of rotatable bonds is 0. The van der Waals surface area contributed by atoms with Gasteiger partial charge in [-0.3, -0.25) is 0 Å². The summed E-state index contributed by atoms with van der Waals surface area (Å²) in [6.07, 6.45) is 7.16. The van der Waals surface area contributed by atoms with Gasteiger partial charge in [0.25, 0.3) is 0 Å². The largest absolute Gasteiger partial charge is 0.392 e. The van der Waals surface area contributed by atoms with Crippen molar-refractivity contribution in [1.29, 1.82) is 0 Å². The zero-order valence-corrected chi connectivity index (χ0v) is 8.54. The van der Waals surface area contributed by atoms with E-state index in [0.717, 1.165) is 32.3 Å². The molecule has 1 heterocycles. The molecule has 0 aromatic heterocycles. The van der Waals surface area contributed by atoms with Crippen LogP contribution in [0.4, 0.5) is 0 Å². The van der Waals surface area contributed by atoms with Crippen molar-refractivity contribution in [3.63, 3.8) is 0 Å². The molecule has 0 radical (unpaired) electrons. The minimum atomic E-state index is -0.0552. The Morgan fingerprint density at radius 1 is 1.07 bits per heavy atom. The van der Waals surface area contributed by atoms with Gasteiger partial charge in [-0.15, -0.1) is 0 Å². The lowest BCUT2D eigenvalue weighted by Gasteiger charge is -2.35. The highest BCUT2D eigenvalue weighted by atomic mass is 16.5. The van der Waals surface area contributed by atoms with E-state index in [9.17, 15) is 5.11 Å². The lowest BCUT2D eigenvalue weighted by Crippen LogP contribution is -2.30. The van der Waals surface area contributed by atoms with Gasteiger partial charge in [0.1, 0.15) is 0 Å². The first kappa shape index (κ1) is 8.93. The first-order valence-corrected chi connectivity index (χ1v) is 5.88. The van der Waals surface area contributed by atoms with Crippen molar-refractivity contribution < 1.29 is 9.84 Å². The second-order valence-electron chi connectivity index (χ2n) is 4.80. The van der Waals surface area contributed by atoms with Crippen LogP contribution >= 0.6 is 0 Å². The van der Waals surface area contributed by atoms with E-state index in [1.54, 1.807) is 11.1 Å². The summed E-state index contributed by atoms with van der Waals surface area (Å²) in [5.41, 5.74) is 3.12. The molecule has 0 spiro atoms. The van der Waals surface area contributed by atoms with Gasteiger partial charge in [-0.2, -0.15) is 0 Å². The number of fused-ring (bicyclic) bond motifs is 2. The number of hydrogen-bond acceptors (Lipinski definition) is 2. The van der Waals surface area contributed by atoms with Gasteiger partial charge in [0.15, 0.2) is 0 Å². The minimum Gasteiger partial charge on any atom is -0.392 e. The molecule has 0 aromatic carbocycles. The Morgan fingerprint density at radius 3 is 2.93 bits per heavy atom. The van der Waals surface area contributed by atoms with Gasteiger partial charge in [0, 0.05) is 12.5 Å². The fourth-order valence-corrected chi connectivity index (χ4v) is 3.39. The van der Waals surface area contributed by atoms with Crippen molar-refractivity contribution in [1.82, 2.24) is 0 Å². The van der Waals surface area contributed by atoms with E-state index in [4.69, 9.17) is 4.74 Å². The van der Waals surface area contributed by atoms with Crippen LogP contribution in [0.1, 0.15) is 38.5 Å². The number of aliphatic hydroxyl groups is 1. The van der Waals surface area contributed by atoms with Gasteiger partial charge >= 0.3 is 0 Å². The predicted molar refractivity (Wildman–Crippen MR) is 54.0 cm³/mol. The molecule has 3 unspecified atom stereocenters. The summed E-state index contributed by atoms with van der Waals surface area (Å²) in [5, 5.41) is 9.84. The molecule has 2 heteroatoms. The van der Waals surface area contributed by atoms with Crippen LogP contribution in [0.2, 0.25) is 0 Å². The van der Waals surface area contributed by atoms with Crippen LogP contribution in [-0.4, -0.2) is 23.9 Å². The smallest absolute Gasteiger partial charge is 0.0788 e. The molecule has 0 bridgehead atoms. The fourth-order valence-electron chi connectivity index (χ4n) is 3.39. The molecule has 14 heavy (non-hydrogen) atoms. The minimum absolute atomic E-state index is 0.0552. The molecule has 3 rings (SSSR count). The van der Waals surface area contributed by atoms with E-state index in [-0.39, 0.29) is 6.10 Å². The standard InChI is InChI=1S/C12H18O2/c13-11-5-3-8-9(11)4-6-12-10(8)2-1-7-14-12/h9,11-13H,1-7H2. The first-order valence-electron chi connectivity index (χ1n) is 5.88. The zero-order valence-electron chi connectivity index (χ0n) is 8.54. The van der Waals surface area contributed by atoms with Crippen LogP contribution in [0.25, 0.3) is 0 Å². The molecule has 0 amide bonds. The Hall–Kier alpha value is -0.340. The molecule has 78 valence electrons. The third-order valence-corrected chi connectivity index (χ3v) is 4.07. The SMILES string of the molecule is OC1CCC2=C3CCCOC3CCC21. The summed E-state index contributed by atoms with van der Waals surface area (Å²) in [6.45, 7) is 0.939. The van der Waals surface area contributed by atoms with E-state index in [1.807, 2.05) is 0 Å². The van der Waals surface area contributed by atoms with Crippen LogP contribution in [0.3, 0.4) is 0 Å². The van der Waals surface area contributed by atoms with E-state index in [2.05, 4.69) is 0 Å². The molecule has 2 aliphatic carbocycles. The third-order valence-electron chi connectivity index (χ3n) is 4.07. The van der Waals surface area contributed by atoms with Crippen molar-refractivity contribution in [3.8, 4) is 0 Å². The average molecular weight is 194 g/mol. The highest BCUT2D eigenvalue weighted by Crippen LogP contribution is 2.45. The molecule has 2 nitrogen and oxygen atoms in total. The maximum Gasteiger partial charge on any atom is 0.0788 e. The molecule has 1 saturated carbocycles. The van der Waals surface area contributed by atoms with Crippen molar-refractivity contribution in [3.05, 3.63) is 11.1 Å². The predicted octanol–water partition coefficient (Wildman–Crippen LogP) is 2.03. The van der Waals surface area contributed by atoms with E-state index in [0.29, 0.717) is 12.0 Å².